The van der Waals surface area contributed by atoms with Crippen LogP contribution in [0.15, 0.2) is 65.6 Å². The molecule has 0 saturated carbocycles. The molecule has 126 valence electrons. The third kappa shape index (κ3) is 2.63. The zero-order valence-electron chi connectivity index (χ0n) is 12.8. The first-order valence-corrected chi connectivity index (χ1v) is 9.29. The number of nitrogens with zero attached hydrogens (tertiary/aromatic N) is 1. The smallest absolute Gasteiger partial charge is 0.332 e. The minimum Gasteiger partial charge on any atom is -0.425 e. The maximum Gasteiger partial charge on any atom is 0.332 e. The van der Waals surface area contributed by atoms with Crippen molar-refractivity contribution >= 4 is 44.1 Å². The number of rotatable bonds is 3. The Bertz CT molecular complexity index is 1090. The number of hydrogen-bond donors (Lipinski definition) is 0. The lowest BCUT2D eigenvalue weighted by molar-refractivity contribution is -0.132. The summed E-state index contributed by atoms with van der Waals surface area (Å²) in [5.74, 6) is -0.363. The van der Waals surface area contributed by atoms with E-state index in [4.69, 9.17) is 16.3 Å². The fourth-order valence-corrected chi connectivity index (χ4v) is 4.69. The van der Waals surface area contributed by atoms with Gasteiger partial charge in [0.25, 0.3) is 10.0 Å². The van der Waals surface area contributed by atoms with Crippen LogP contribution in [0, 0.1) is 0 Å². The molecule has 0 fully saturated rings. The number of ether oxygens (including phenoxy) is 1. The van der Waals surface area contributed by atoms with Gasteiger partial charge >= 0.3 is 5.97 Å². The molecule has 3 aromatic rings. The molecule has 0 atom stereocenters. The van der Waals surface area contributed by atoms with Gasteiger partial charge in [0, 0.05) is 10.4 Å². The second kappa shape index (κ2) is 5.75. The van der Waals surface area contributed by atoms with Gasteiger partial charge in [0.15, 0.2) is 0 Å². The van der Waals surface area contributed by atoms with E-state index in [1.807, 2.05) is 12.1 Å². The van der Waals surface area contributed by atoms with Gasteiger partial charge in [0.2, 0.25) is 0 Å². The number of esters is 1. The minimum atomic E-state index is -3.78. The standard InChI is InChI=1S/C18H12ClNO4S/c19-13-7-9-14(10-8-13)24-17(21)11-20-15-5-1-3-12-4-2-6-16(18(12)15)25(20,22)23/h1-10H,11H2. The van der Waals surface area contributed by atoms with E-state index in [0.29, 0.717) is 21.8 Å². The van der Waals surface area contributed by atoms with Crippen LogP contribution in [0.4, 0.5) is 5.69 Å². The van der Waals surface area contributed by atoms with Crippen LogP contribution in [0.3, 0.4) is 0 Å². The zero-order valence-corrected chi connectivity index (χ0v) is 14.4. The molecule has 0 radical (unpaired) electrons. The molecule has 4 rings (SSSR count). The SMILES string of the molecule is O=C(CN1c2cccc3cccc(c23)S1(=O)=O)Oc1ccc(Cl)cc1. The number of carbonyl (C=O) groups is 1. The molecule has 1 aliphatic heterocycles. The molecule has 1 heterocycles. The Hall–Kier alpha value is -2.57. The predicted molar refractivity (Wildman–Crippen MR) is 95.6 cm³/mol. The van der Waals surface area contributed by atoms with E-state index in [2.05, 4.69) is 0 Å². The predicted octanol–water partition coefficient (Wildman–Crippen LogP) is 3.61. The van der Waals surface area contributed by atoms with Crippen LogP contribution < -0.4 is 9.04 Å². The Labute approximate surface area is 149 Å². The molecule has 0 aromatic heterocycles. The Kier molecular flexibility index (Phi) is 3.67. The quantitative estimate of drug-likeness (QED) is 0.519. The normalized spacial score (nSPS) is 14.7. The maximum atomic E-state index is 12.8. The van der Waals surface area contributed by atoms with Crippen molar-refractivity contribution in [2.45, 2.75) is 4.90 Å². The molecule has 0 aliphatic carbocycles. The Morgan fingerprint density at radius 3 is 2.40 bits per heavy atom. The molecule has 5 nitrogen and oxygen atoms in total. The fourth-order valence-electron chi connectivity index (χ4n) is 2.91. The van der Waals surface area contributed by atoms with Crippen molar-refractivity contribution in [2.24, 2.45) is 0 Å². The summed E-state index contributed by atoms with van der Waals surface area (Å²) in [7, 11) is -3.78. The highest BCUT2D eigenvalue weighted by Gasteiger charge is 2.37. The molecule has 7 heteroatoms. The molecular formula is C18H12ClNO4S. The van der Waals surface area contributed by atoms with Gasteiger partial charge in [-0.15, -0.1) is 0 Å². The molecule has 3 aromatic carbocycles. The highest BCUT2D eigenvalue weighted by molar-refractivity contribution is 7.93. The number of benzene rings is 3. The molecule has 0 saturated heterocycles. The van der Waals surface area contributed by atoms with Crippen molar-refractivity contribution in [2.75, 3.05) is 10.8 Å². The van der Waals surface area contributed by atoms with E-state index in [1.54, 1.807) is 48.5 Å². The Morgan fingerprint density at radius 1 is 1.00 bits per heavy atom. The van der Waals surface area contributed by atoms with Gasteiger partial charge in [0.1, 0.15) is 12.3 Å². The van der Waals surface area contributed by atoms with E-state index in [0.717, 1.165) is 9.69 Å². The molecule has 0 amide bonds. The van der Waals surface area contributed by atoms with Crippen molar-refractivity contribution in [3.05, 3.63) is 65.7 Å². The number of carbonyl (C=O) groups excluding carboxylic acids is 1. The van der Waals surface area contributed by atoms with Gasteiger partial charge in [-0.05, 0) is 41.8 Å². The monoisotopic (exact) mass is 373 g/mol. The first-order chi connectivity index (χ1) is 12.0. The number of halogens is 1. The van der Waals surface area contributed by atoms with Crippen LogP contribution in [0.2, 0.25) is 5.02 Å². The van der Waals surface area contributed by atoms with Gasteiger partial charge in [0.05, 0.1) is 10.6 Å². The molecule has 0 bridgehead atoms. The van der Waals surface area contributed by atoms with Crippen LogP contribution in [0.5, 0.6) is 5.75 Å². The third-order valence-corrected chi connectivity index (χ3v) is 6.05. The largest absolute Gasteiger partial charge is 0.425 e. The average Bonchev–Trinajstić information content (AvgIpc) is 2.81. The third-order valence-electron chi connectivity index (χ3n) is 4.00. The van der Waals surface area contributed by atoms with Crippen molar-refractivity contribution in [1.82, 2.24) is 0 Å². The van der Waals surface area contributed by atoms with Crippen molar-refractivity contribution in [1.29, 1.82) is 0 Å². The van der Waals surface area contributed by atoms with E-state index in [9.17, 15) is 13.2 Å². The first kappa shape index (κ1) is 15.9. The van der Waals surface area contributed by atoms with Crippen molar-refractivity contribution in [3.63, 3.8) is 0 Å². The topological polar surface area (TPSA) is 63.7 Å². The summed E-state index contributed by atoms with van der Waals surface area (Å²) in [5, 5.41) is 1.96. The minimum absolute atomic E-state index is 0.208. The summed E-state index contributed by atoms with van der Waals surface area (Å²) in [6.45, 7) is -0.404. The van der Waals surface area contributed by atoms with E-state index in [1.165, 1.54) is 0 Å². The zero-order chi connectivity index (χ0) is 17.6. The molecule has 0 N–H and O–H groups in total. The van der Waals surface area contributed by atoms with E-state index < -0.39 is 22.5 Å². The maximum absolute atomic E-state index is 12.8. The summed E-state index contributed by atoms with van der Waals surface area (Å²) in [6, 6.07) is 16.6. The second-order valence-electron chi connectivity index (χ2n) is 5.57. The summed E-state index contributed by atoms with van der Waals surface area (Å²) in [4.78, 5) is 12.5. The van der Waals surface area contributed by atoms with E-state index >= 15 is 0 Å². The summed E-state index contributed by atoms with van der Waals surface area (Å²) >= 11 is 5.79. The first-order valence-electron chi connectivity index (χ1n) is 7.47. The number of sulfonamides is 1. The molecule has 1 aliphatic rings. The van der Waals surface area contributed by atoms with Crippen LogP contribution in [0.1, 0.15) is 0 Å². The van der Waals surface area contributed by atoms with Crippen molar-refractivity contribution in [3.8, 4) is 5.75 Å². The van der Waals surface area contributed by atoms with Gasteiger partial charge < -0.3 is 4.74 Å². The summed E-state index contributed by atoms with van der Waals surface area (Å²) in [6.07, 6.45) is 0. The highest BCUT2D eigenvalue weighted by atomic mass is 35.5. The molecular weight excluding hydrogens is 362 g/mol. The Morgan fingerprint density at radius 2 is 1.68 bits per heavy atom. The second-order valence-corrected chi connectivity index (χ2v) is 7.84. The lowest BCUT2D eigenvalue weighted by atomic mass is 10.1. The molecule has 0 spiro atoms. The lowest BCUT2D eigenvalue weighted by Gasteiger charge is -2.17. The van der Waals surface area contributed by atoms with Crippen LogP contribution in [-0.4, -0.2) is 20.9 Å². The van der Waals surface area contributed by atoms with Crippen molar-refractivity contribution < 1.29 is 17.9 Å². The van der Waals surface area contributed by atoms with Crippen LogP contribution in [-0.2, 0) is 14.8 Å². The number of hydrogen-bond acceptors (Lipinski definition) is 4. The van der Waals surface area contributed by atoms with Gasteiger partial charge in [-0.2, -0.15) is 0 Å². The molecule has 0 unspecified atom stereocenters. The highest BCUT2D eigenvalue weighted by Crippen LogP contribution is 2.41. The van der Waals surface area contributed by atoms with Crippen LogP contribution in [0.25, 0.3) is 10.8 Å². The average molecular weight is 374 g/mol. The lowest BCUT2D eigenvalue weighted by Crippen LogP contribution is -2.34. The van der Waals surface area contributed by atoms with Gasteiger partial charge in [-0.3, -0.25) is 4.31 Å². The van der Waals surface area contributed by atoms with E-state index in [-0.39, 0.29) is 4.90 Å². The summed E-state index contributed by atoms with van der Waals surface area (Å²) < 4.78 is 31.9. The summed E-state index contributed by atoms with van der Waals surface area (Å²) in [5.41, 5.74) is 0.487. The van der Waals surface area contributed by atoms with Gasteiger partial charge in [-0.1, -0.05) is 35.9 Å². The number of anilines is 1. The Balaban J connectivity index is 1.66. The molecule has 25 heavy (non-hydrogen) atoms. The van der Waals surface area contributed by atoms with Crippen LogP contribution >= 0.6 is 11.6 Å². The fraction of sp³-hybridized carbons (Fsp3) is 0.0556. The van der Waals surface area contributed by atoms with Gasteiger partial charge in [-0.25, -0.2) is 13.2 Å².